The quantitative estimate of drug-likeness (QED) is 0.587. The molecule has 1 aromatic carbocycles. The van der Waals surface area contributed by atoms with Gasteiger partial charge in [-0.05, 0) is 17.5 Å². The second-order valence-corrected chi connectivity index (χ2v) is 8.68. The zero-order chi connectivity index (χ0) is 18.4. The van der Waals surface area contributed by atoms with Gasteiger partial charge in [-0.25, -0.2) is 4.39 Å². The first-order valence-electron chi connectivity index (χ1n) is 7.53. The van der Waals surface area contributed by atoms with E-state index in [0.29, 0.717) is 15.9 Å². The van der Waals surface area contributed by atoms with E-state index in [2.05, 4.69) is 20.8 Å². The summed E-state index contributed by atoms with van der Waals surface area (Å²) in [5.74, 6) is -0.888. The summed E-state index contributed by atoms with van der Waals surface area (Å²) < 4.78 is 14.0. The van der Waals surface area contributed by atoms with E-state index in [4.69, 9.17) is 0 Å². The molecule has 0 aliphatic rings. The average Bonchev–Trinajstić information content (AvgIpc) is 2.93. The Morgan fingerprint density at radius 1 is 1.16 bits per heavy atom. The SMILES string of the molecule is CC(C)(C)CC(=O)Nc1nnc(SCC(=O)Nc2ccccc2F)s1. The molecule has 2 aromatic rings. The highest BCUT2D eigenvalue weighted by atomic mass is 32.2. The highest BCUT2D eigenvalue weighted by Crippen LogP contribution is 2.27. The Balaban J connectivity index is 1.82. The Kier molecular flexibility index (Phi) is 6.49. The number of nitrogens with zero attached hydrogens (tertiary/aromatic N) is 2. The molecule has 0 unspecified atom stereocenters. The molecule has 0 aliphatic carbocycles. The number of rotatable bonds is 6. The number of benzene rings is 1. The Labute approximate surface area is 153 Å². The van der Waals surface area contributed by atoms with Crippen LogP contribution in [0.4, 0.5) is 15.2 Å². The molecule has 134 valence electrons. The van der Waals surface area contributed by atoms with Crippen molar-refractivity contribution in [3.63, 3.8) is 0 Å². The first kappa shape index (κ1) is 19.3. The van der Waals surface area contributed by atoms with E-state index in [9.17, 15) is 14.0 Å². The summed E-state index contributed by atoms with van der Waals surface area (Å²) >= 11 is 2.37. The number of anilines is 2. The van der Waals surface area contributed by atoms with Crippen molar-refractivity contribution in [2.24, 2.45) is 5.41 Å². The third kappa shape index (κ3) is 6.79. The average molecular weight is 382 g/mol. The van der Waals surface area contributed by atoms with Gasteiger partial charge < -0.3 is 10.6 Å². The van der Waals surface area contributed by atoms with Crippen molar-refractivity contribution in [2.75, 3.05) is 16.4 Å². The zero-order valence-corrected chi connectivity index (χ0v) is 15.8. The highest BCUT2D eigenvalue weighted by Gasteiger charge is 2.17. The van der Waals surface area contributed by atoms with Crippen LogP contribution in [0.5, 0.6) is 0 Å². The van der Waals surface area contributed by atoms with Gasteiger partial charge in [0.25, 0.3) is 0 Å². The summed E-state index contributed by atoms with van der Waals surface area (Å²) in [6.45, 7) is 5.92. The van der Waals surface area contributed by atoms with Gasteiger partial charge in [-0.1, -0.05) is 56.0 Å². The number of carbonyl (C=O) groups is 2. The molecule has 0 aliphatic heterocycles. The molecule has 25 heavy (non-hydrogen) atoms. The Morgan fingerprint density at radius 2 is 1.88 bits per heavy atom. The molecule has 0 saturated heterocycles. The standard InChI is InChI=1S/C16H19FN4O2S2/c1-16(2,3)8-12(22)19-14-20-21-15(25-14)24-9-13(23)18-11-7-5-4-6-10(11)17/h4-7H,8-9H2,1-3H3,(H,18,23)(H,19,20,22). The topological polar surface area (TPSA) is 84.0 Å². The summed E-state index contributed by atoms with van der Waals surface area (Å²) in [7, 11) is 0. The molecule has 2 rings (SSSR count). The van der Waals surface area contributed by atoms with Crippen LogP contribution in [-0.2, 0) is 9.59 Å². The predicted octanol–water partition coefficient (Wildman–Crippen LogP) is 3.78. The fourth-order valence-corrected chi connectivity index (χ4v) is 3.41. The monoisotopic (exact) mass is 382 g/mol. The maximum Gasteiger partial charge on any atom is 0.234 e. The molecule has 1 heterocycles. The van der Waals surface area contributed by atoms with Crippen LogP contribution >= 0.6 is 23.1 Å². The fourth-order valence-electron chi connectivity index (χ4n) is 1.84. The van der Waals surface area contributed by atoms with E-state index in [1.54, 1.807) is 12.1 Å². The van der Waals surface area contributed by atoms with Gasteiger partial charge in [0.15, 0.2) is 4.34 Å². The van der Waals surface area contributed by atoms with Crippen molar-refractivity contribution in [3.8, 4) is 0 Å². The number of para-hydroxylation sites is 1. The maximum atomic E-state index is 13.5. The molecule has 2 N–H and O–H groups in total. The molecule has 0 bridgehead atoms. The van der Waals surface area contributed by atoms with Crippen LogP contribution < -0.4 is 10.6 Å². The van der Waals surface area contributed by atoms with Crippen LogP contribution in [0.1, 0.15) is 27.2 Å². The molecule has 2 amide bonds. The number of thioether (sulfide) groups is 1. The highest BCUT2D eigenvalue weighted by molar-refractivity contribution is 8.01. The first-order chi connectivity index (χ1) is 11.7. The van der Waals surface area contributed by atoms with Crippen molar-refractivity contribution in [3.05, 3.63) is 30.1 Å². The van der Waals surface area contributed by atoms with Gasteiger partial charge in [-0.2, -0.15) is 0 Å². The zero-order valence-electron chi connectivity index (χ0n) is 14.1. The summed E-state index contributed by atoms with van der Waals surface area (Å²) in [5.41, 5.74) is 0.0254. The maximum absolute atomic E-state index is 13.5. The Morgan fingerprint density at radius 3 is 2.56 bits per heavy atom. The number of hydrogen-bond acceptors (Lipinski definition) is 6. The Hall–Kier alpha value is -2.00. The van der Waals surface area contributed by atoms with E-state index in [0.717, 1.165) is 0 Å². The number of amides is 2. The number of aromatic nitrogens is 2. The number of carbonyl (C=O) groups excluding carboxylic acids is 2. The number of nitrogens with one attached hydrogen (secondary N) is 2. The summed E-state index contributed by atoms with van der Waals surface area (Å²) in [4.78, 5) is 23.7. The van der Waals surface area contributed by atoms with Crippen LogP contribution in [0.3, 0.4) is 0 Å². The van der Waals surface area contributed by atoms with Gasteiger partial charge in [0, 0.05) is 6.42 Å². The largest absolute Gasteiger partial charge is 0.323 e. The van der Waals surface area contributed by atoms with E-state index >= 15 is 0 Å². The molecular weight excluding hydrogens is 363 g/mol. The minimum absolute atomic E-state index is 0.0684. The lowest BCUT2D eigenvalue weighted by Gasteiger charge is -2.16. The Bertz CT molecular complexity index is 759. The molecule has 0 fully saturated rings. The van der Waals surface area contributed by atoms with Crippen molar-refractivity contribution in [2.45, 2.75) is 31.5 Å². The summed E-state index contributed by atoms with van der Waals surface area (Å²) in [6.07, 6.45) is 0.375. The van der Waals surface area contributed by atoms with Gasteiger partial charge in [-0.15, -0.1) is 10.2 Å². The second kappa shape index (κ2) is 8.39. The van der Waals surface area contributed by atoms with Crippen molar-refractivity contribution in [1.82, 2.24) is 10.2 Å². The van der Waals surface area contributed by atoms with E-state index < -0.39 is 5.82 Å². The van der Waals surface area contributed by atoms with E-state index in [1.807, 2.05) is 20.8 Å². The molecule has 0 atom stereocenters. The van der Waals surface area contributed by atoms with Gasteiger partial charge >= 0.3 is 0 Å². The van der Waals surface area contributed by atoms with Crippen molar-refractivity contribution in [1.29, 1.82) is 0 Å². The molecular formula is C16H19FN4O2S2. The van der Waals surface area contributed by atoms with Crippen LogP contribution in [-0.4, -0.2) is 27.8 Å². The minimum atomic E-state index is -0.486. The predicted molar refractivity (Wildman–Crippen MR) is 98.4 cm³/mol. The normalized spacial score (nSPS) is 11.2. The van der Waals surface area contributed by atoms with Gasteiger partial charge in [0.05, 0.1) is 11.4 Å². The lowest BCUT2D eigenvalue weighted by Crippen LogP contribution is -2.19. The van der Waals surface area contributed by atoms with Gasteiger partial charge in [0.2, 0.25) is 16.9 Å². The molecule has 0 saturated carbocycles. The number of halogens is 1. The lowest BCUT2D eigenvalue weighted by molar-refractivity contribution is -0.118. The molecule has 0 radical (unpaired) electrons. The van der Waals surface area contributed by atoms with E-state index in [1.165, 1.54) is 35.2 Å². The third-order valence-electron chi connectivity index (χ3n) is 2.82. The fraction of sp³-hybridized carbons (Fsp3) is 0.375. The minimum Gasteiger partial charge on any atom is -0.323 e. The summed E-state index contributed by atoms with van der Waals surface area (Å²) in [5, 5.41) is 13.4. The summed E-state index contributed by atoms with van der Waals surface area (Å²) in [6, 6.07) is 5.96. The number of hydrogen-bond donors (Lipinski definition) is 2. The molecule has 9 heteroatoms. The third-order valence-corrected chi connectivity index (χ3v) is 4.79. The van der Waals surface area contributed by atoms with Crippen LogP contribution in [0.25, 0.3) is 0 Å². The van der Waals surface area contributed by atoms with Gasteiger partial charge in [-0.3, -0.25) is 9.59 Å². The smallest absolute Gasteiger partial charge is 0.234 e. The molecule has 0 spiro atoms. The second-order valence-electron chi connectivity index (χ2n) is 6.48. The van der Waals surface area contributed by atoms with E-state index in [-0.39, 0.29) is 28.7 Å². The molecule has 6 nitrogen and oxygen atoms in total. The molecule has 1 aromatic heterocycles. The van der Waals surface area contributed by atoms with Crippen LogP contribution in [0.2, 0.25) is 0 Å². The lowest BCUT2D eigenvalue weighted by atomic mass is 9.92. The first-order valence-corrected chi connectivity index (χ1v) is 9.34. The van der Waals surface area contributed by atoms with Crippen molar-refractivity contribution < 1.29 is 14.0 Å². The van der Waals surface area contributed by atoms with Crippen LogP contribution in [0.15, 0.2) is 28.6 Å². The van der Waals surface area contributed by atoms with Crippen molar-refractivity contribution >= 4 is 45.7 Å². The van der Waals surface area contributed by atoms with Gasteiger partial charge in [0.1, 0.15) is 5.82 Å². The van der Waals surface area contributed by atoms with Crippen LogP contribution in [0, 0.1) is 11.2 Å².